The molecule has 0 aliphatic carbocycles. The van der Waals surface area contributed by atoms with Gasteiger partial charge in [0.25, 0.3) is 0 Å². The van der Waals surface area contributed by atoms with Gasteiger partial charge in [0, 0.05) is 11.5 Å². The van der Waals surface area contributed by atoms with Gasteiger partial charge in [0.15, 0.2) is 0 Å². The molecule has 1 aliphatic rings. The van der Waals surface area contributed by atoms with Gasteiger partial charge in [-0.2, -0.15) is 4.68 Å². The van der Waals surface area contributed by atoms with Crippen LogP contribution in [-0.4, -0.2) is 33.3 Å². The number of rotatable bonds is 6. The molecule has 1 aliphatic heterocycles. The van der Waals surface area contributed by atoms with Crippen LogP contribution in [0.1, 0.15) is 36.2 Å². The fourth-order valence-electron chi connectivity index (χ4n) is 6.47. The Morgan fingerprint density at radius 1 is 0.681 bits per heavy atom. The average molecular weight is 642 g/mol. The van der Waals surface area contributed by atoms with Gasteiger partial charge in [-0.15, -0.1) is 0 Å². The topological polar surface area (TPSA) is 122 Å². The van der Waals surface area contributed by atoms with Gasteiger partial charge in [-0.25, -0.2) is 47.8 Å². The molecule has 11 nitrogen and oxygen atoms in total. The minimum absolute atomic E-state index is 0.391. The number of hydrogen-bond donors (Lipinski definition) is 1. The van der Waals surface area contributed by atoms with Crippen LogP contribution in [0.2, 0.25) is 0 Å². The minimum atomic E-state index is -0.970. The number of nitrogens with one attached hydrogen (secondary N) is 1. The van der Waals surface area contributed by atoms with Gasteiger partial charge in [0.05, 0.1) is 17.4 Å². The first kappa shape index (κ1) is 28.5. The van der Waals surface area contributed by atoms with E-state index in [-0.39, 0.29) is 0 Å². The largest absolute Gasteiger partial charge is 0.357 e. The highest BCUT2D eigenvalue weighted by Gasteiger charge is 2.45. The van der Waals surface area contributed by atoms with Gasteiger partial charge >= 0.3 is 22.8 Å². The van der Waals surface area contributed by atoms with Crippen LogP contribution in [0.4, 0.5) is 0 Å². The predicted octanol–water partition coefficient (Wildman–Crippen LogP) is 4.50. The van der Waals surface area contributed by atoms with E-state index in [9.17, 15) is 19.2 Å². The van der Waals surface area contributed by atoms with Crippen LogP contribution >= 0.6 is 11.3 Å². The fourth-order valence-corrected chi connectivity index (χ4v) is 7.58. The lowest BCUT2D eigenvalue weighted by atomic mass is 9.86. The lowest BCUT2D eigenvalue weighted by Crippen LogP contribution is -2.44. The molecule has 4 heterocycles. The quantitative estimate of drug-likeness (QED) is 0.287. The van der Waals surface area contributed by atoms with Crippen molar-refractivity contribution in [2.45, 2.75) is 24.9 Å². The second-order valence-corrected chi connectivity index (χ2v) is 12.3. The van der Waals surface area contributed by atoms with Crippen molar-refractivity contribution in [3.63, 3.8) is 0 Å². The Morgan fingerprint density at radius 3 is 1.85 bits per heavy atom. The molecule has 4 aromatic carbocycles. The molecule has 7 aromatic rings. The zero-order chi connectivity index (χ0) is 32.2. The van der Waals surface area contributed by atoms with Crippen LogP contribution in [0.3, 0.4) is 0 Å². The van der Waals surface area contributed by atoms with Gasteiger partial charge in [-0.05, 0) is 29.8 Å². The van der Waals surface area contributed by atoms with Gasteiger partial charge in [-0.1, -0.05) is 115 Å². The van der Waals surface area contributed by atoms with Crippen molar-refractivity contribution in [2.75, 3.05) is 0 Å². The average Bonchev–Trinajstić information content (AvgIpc) is 3.76. The third kappa shape index (κ3) is 4.44. The smallest absolute Gasteiger partial charge is 0.246 e. The predicted molar refractivity (Wildman–Crippen MR) is 179 cm³/mol. The number of benzene rings is 4. The number of thiazole rings is 1. The highest BCUT2D eigenvalue weighted by atomic mass is 32.1. The molecule has 0 amide bonds. The SMILES string of the molecule is C[C@H](c1ccccc1)[C@@H]1[C@@H](n2[nH]c(=O)n(-c3ccccc3)c2=O)c2nc(-c3ccccc3)sc2-n2c(=O)n(-c3ccccc3)c(=O)n21. The van der Waals surface area contributed by atoms with Crippen molar-refractivity contribution < 1.29 is 0 Å². The first-order valence-corrected chi connectivity index (χ1v) is 15.9. The Balaban J connectivity index is 1.47. The summed E-state index contributed by atoms with van der Waals surface area (Å²) in [5.74, 6) is -0.429. The molecule has 0 saturated carbocycles. The fraction of sp³-hybridized carbons (Fsp3) is 0.114. The van der Waals surface area contributed by atoms with E-state index in [2.05, 4.69) is 5.10 Å². The molecule has 8 rings (SSSR count). The summed E-state index contributed by atoms with van der Waals surface area (Å²) in [4.78, 5) is 61.7. The van der Waals surface area contributed by atoms with E-state index in [0.29, 0.717) is 27.1 Å². The molecule has 3 aromatic heterocycles. The Bertz CT molecular complexity index is 2470. The Hall–Kier alpha value is -6.01. The highest BCUT2D eigenvalue weighted by Crippen LogP contribution is 2.46. The van der Waals surface area contributed by atoms with Crippen LogP contribution in [0.5, 0.6) is 0 Å². The van der Waals surface area contributed by atoms with Crippen LogP contribution in [-0.2, 0) is 0 Å². The monoisotopic (exact) mass is 641 g/mol. The Morgan fingerprint density at radius 2 is 1.23 bits per heavy atom. The summed E-state index contributed by atoms with van der Waals surface area (Å²) in [6.45, 7) is 1.95. The summed E-state index contributed by atoms with van der Waals surface area (Å²) in [5, 5.41) is 3.77. The molecular formula is C35H27N7O4S. The Labute approximate surface area is 270 Å². The third-order valence-electron chi connectivity index (χ3n) is 8.67. The second kappa shape index (κ2) is 11.1. The highest BCUT2D eigenvalue weighted by molar-refractivity contribution is 7.17. The molecule has 0 unspecified atom stereocenters. The molecule has 3 atom stereocenters. The van der Waals surface area contributed by atoms with E-state index in [1.807, 2.05) is 73.7 Å². The number of H-pyrrole nitrogens is 1. The van der Waals surface area contributed by atoms with Crippen LogP contribution < -0.4 is 22.8 Å². The second-order valence-electron chi connectivity index (χ2n) is 11.3. The number of para-hydroxylation sites is 2. The molecule has 0 fully saturated rings. The van der Waals surface area contributed by atoms with Gasteiger partial charge in [0.1, 0.15) is 21.7 Å². The summed E-state index contributed by atoms with van der Waals surface area (Å²) in [7, 11) is 0. The molecule has 0 spiro atoms. The lowest BCUT2D eigenvalue weighted by molar-refractivity contribution is 0.239. The molecule has 12 heteroatoms. The van der Waals surface area contributed by atoms with E-state index in [1.165, 1.54) is 25.4 Å². The van der Waals surface area contributed by atoms with E-state index in [1.54, 1.807) is 54.6 Å². The first-order chi connectivity index (χ1) is 22.9. The maximum absolute atomic E-state index is 14.5. The van der Waals surface area contributed by atoms with Crippen molar-refractivity contribution in [2.24, 2.45) is 0 Å². The van der Waals surface area contributed by atoms with Crippen LogP contribution in [0.15, 0.2) is 141 Å². The lowest BCUT2D eigenvalue weighted by Gasteiger charge is -2.36. The zero-order valence-electron chi connectivity index (χ0n) is 25.0. The van der Waals surface area contributed by atoms with Gasteiger partial charge in [-0.3, -0.25) is 0 Å². The van der Waals surface area contributed by atoms with E-state index in [0.717, 1.165) is 20.3 Å². The van der Waals surface area contributed by atoms with Crippen LogP contribution in [0.25, 0.3) is 26.9 Å². The summed E-state index contributed by atoms with van der Waals surface area (Å²) in [6, 6.07) is 34.6. The van der Waals surface area contributed by atoms with Crippen LogP contribution in [0, 0.1) is 0 Å². The number of aromatic amines is 1. The van der Waals surface area contributed by atoms with Crippen molar-refractivity contribution in [3.8, 4) is 26.9 Å². The summed E-state index contributed by atoms with van der Waals surface area (Å²) < 4.78 is 6.27. The zero-order valence-corrected chi connectivity index (χ0v) is 25.8. The van der Waals surface area contributed by atoms with E-state index < -0.39 is 40.8 Å². The van der Waals surface area contributed by atoms with Crippen molar-refractivity contribution in [1.29, 1.82) is 0 Å². The molecular weight excluding hydrogens is 614 g/mol. The molecule has 0 bridgehead atoms. The number of nitrogens with zero attached hydrogens (tertiary/aromatic N) is 6. The van der Waals surface area contributed by atoms with Crippen molar-refractivity contribution in [1.82, 2.24) is 33.3 Å². The number of aromatic nitrogens is 7. The number of hydrogen-bond acceptors (Lipinski definition) is 6. The molecule has 47 heavy (non-hydrogen) atoms. The number of fused-ring (bicyclic) bond motifs is 3. The normalized spacial score (nSPS) is 16.0. The standard InChI is InChI=1S/C35H27N7O4S/c1-22(23-14-6-2-7-15-23)28-29(40-33(44)38(32(43)37-40)25-18-10-4-11-19-25)27-31(47-30(36-27)24-16-8-3-9-17-24)42-35(46)39(34(45)41(28)42)26-20-12-5-13-21-26/h2-22,28-29H,1H3,(H,37,43)/t22-,28-,29+/m1/s1. The first-order valence-electron chi connectivity index (χ1n) is 15.1. The van der Waals surface area contributed by atoms with Gasteiger partial charge in [0.2, 0.25) is 0 Å². The van der Waals surface area contributed by atoms with E-state index >= 15 is 0 Å². The summed E-state index contributed by atoms with van der Waals surface area (Å²) in [5.41, 5.74) is 0.508. The Kier molecular flexibility index (Phi) is 6.73. The summed E-state index contributed by atoms with van der Waals surface area (Å²) >= 11 is 1.25. The molecule has 0 radical (unpaired) electrons. The van der Waals surface area contributed by atoms with Crippen molar-refractivity contribution in [3.05, 3.63) is 175 Å². The molecule has 232 valence electrons. The maximum Gasteiger partial charge on any atom is 0.357 e. The van der Waals surface area contributed by atoms with E-state index in [4.69, 9.17) is 4.98 Å². The van der Waals surface area contributed by atoms with Crippen molar-refractivity contribution >= 4 is 11.3 Å². The molecule has 0 saturated heterocycles. The third-order valence-corrected chi connectivity index (χ3v) is 9.77. The summed E-state index contributed by atoms with van der Waals surface area (Å²) in [6.07, 6.45) is 0. The van der Waals surface area contributed by atoms with Gasteiger partial charge < -0.3 is 0 Å². The maximum atomic E-state index is 14.5. The minimum Gasteiger partial charge on any atom is -0.246 e. The molecule has 1 N–H and O–H groups in total.